The highest BCUT2D eigenvalue weighted by molar-refractivity contribution is 5.83. The third-order valence-corrected chi connectivity index (χ3v) is 5.06. The summed E-state index contributed by atoms with van der Waals surface area (Å²) in [5.74, 6) is 0.185. The topological polar surface area (TPSA) is 52.6 Å². The van der Waals surface area contributed by atoms with Crippen LogP contribution in [0.2, 0.25) is 0 Å². The Balaban J connectivity index is 1.75. The van der Waals surface area contributed by atoms with Crippen LogP contribution >= 0.6 is 0 Å². The van der Waals surface area contributed by atoms with E-state index in [1.54, 1.807) is 0 Å². The smallest absolute Gasteiger partial charge is 0.239 e. The molecular weight excluding hydrogens is 276 g/mol. The maximum Gasteiger partial charge on any atom is 0.239 e. The minimum Gasteiger partial charge on any atom is -0.394 e. The van der Waals surface area contributed by atoms with Crippen molar-refractivity contribution < 1.29 is 9.90 Å². The van der Waals surface area contributed by atoms with Gasteiger partial charge in [-0.15, -0.1) is 0 Å². The van der Waals surface area contributed by atoms with Crippen LogP contribution in [0, 0.1) is 0 Å². The Bertz CT molecular complexity index is 531. The number of carbonyl (C=O) groups is 1. The minimum absolute atomic E-state index is 0.0626. The normalized spacial score (nSPS) is 23.9. The van der Waals surface area contributed by atoms with E-state index in [0.29, 0.717) is 0 Å². The van der Waals surface area contributed by atoms with Gasteiger partial charge in [-0.3, -0.25) is 10.1 Å². The van der Waals surface area contributed by atoms with Crippen LogP contribution in [0.15, 0.2) is 24.3 Å². The first kappa shape index (κ1) is 15.5. The summed E-state index contributed by atoms with van der Waals surface area (Å²) in [6, 6.07) is 8.40. The Morgan fingerprint density at radius 2 is 1.95 bits per heavy atom. The second-order valence-corrected chi connectivity index (χ2v) is 7.03. The Morgan fingerprint density at radius 1 is 1.32 bits per heavy atom. The van der Waals surface area contributed by atoms with E-state index in [2.05, 4.69) is 31.3 Å². The first-order chi connectivity index (χ1) is 10.5. The molecule has 0 spiro atoms. The third kappa shape index (κ3) is 2.77. The van der Waals surface area contributed by atoms with Gasteiger partial charge in [-0.1, -0.05) is 24.3 Å². The Morgan fingerprint density at radius 3 is 2.50 bits per heavy atom. The summed E-state index contributed by atoms with van der Waals surface area (Å²) >= 11 is 0. The predicted octanol–water partition coefficient (Wildman–Crippen LogP) is 1.51. The van der Waals surface area contributed by atoms with Gasteiger partial charge in [0.2, 0.25) is 5.91 Å². The summed E-state index contributed by atoms with van der Waals surface area (Å²) in [6.07, 6.45) is 3.48. The van der Waals surface area contributed by atoms with E-state index < -0.39 is 0 Å². The van der Waals surface area contributed by atoms with Crippen molar-refractivity contribution in [3.8, 4) is 0 Å². The third-order valence-electron chi connectivity index (χ3n) is 5.06. The number of nitrogens with zero attached hydrogens (tertiary/aromatic N) is 1. The van der Waals surface area contributed by atoms with Crippen molar-refractivity contribution in [1.29, 1.82) is 0 Å². The van der Waals surface area contributed by atoms with Crippen LogP contribution in [0.3, 0.4) is 0 Å². The lowest BCUT2D eigenvalue weighted by atomic mass is 9.92. The van der Waals surface area contributed by atoms with Crippen LogP contribution in [0.25, 0.3) is 0 Å². The summed E-state index contributed by atoms with van der Waals surface area (Å²) < 4.78 is 0. The number of carbonyl (C=O) groups excluding carboxylic acids is 1. The van der Waals surface area contributed by atoms with E-state index in [0.717, 1.165) is 32.2 Å². The number of fused-ring (bicyclic) bond motifs is 1. The second kappa shape index (κ2) is 6.01. The van der Waals surface area contributed by atoms with E-state index in [1.165, 1.54) is 11.1 Å². The second-order valence-electron chi connectivity index (χ2n) is 7.03. The van der Waals surface area contributed by atoms with E-state index in [4.69, 9.17) is 0 Å². The Labute approximate surface area is 132 Å². The number of piperidine rings is 1. The first-order valence-corrected chi connectivity index (χ1v) is 8.30. The molecule has 0 aromatic heterocycles. The van der Waals surface area contributed by atoms with Crippen molar-refractivity contribution in [3.05, 3.63) is 35.4 Å². The van der Waals surface area contributed by atoms with Crippen molar-refractivity contribution in [1.82, 2.24) is 10.2 Å². The van der Waals surface area contributed by atoms with Gasteiger partial charge in [0.15, 0.2) is 0 Å². The lowest BCUT2D eigenvalue weighted by Crippen LogP contribution is -2.61. The maximum atomic E-state index is 12.7. The molecule has 4 nitrogen and oxygen atoms in total. The minimum atomic E-state index is -0.385. The highest BCUT2D eigenvalue weighted by atomic mass is 16.3. The zero-order valence-electron chi connectivity index (χ0n) is 13.5. The zero-order valence-corrected chi connectivity index (χ0v) is 13.5. The lowest BCUT2D eigenvalue weighted by Gasteiger charge is -2.40. The van der Waals surface area contributed by atoms with Crippen LogP contribution < -0.4 is 5.32 Å². The lowest BCUT2D eigenvalue weighted by molar-refractivity contribution is -0.138. The average molecular weight is 302 g/mol. The number of hydrogen-bond donors (Lipinski definition) is 2. The summed E-state index contributed by atoms with van der Waals surface area (Å²) in [6.45, 7) is 5.04. The monoisotopic (exact) mass is 302 g/mol. The van der Waals surface area contributed by atoms with Gasteiger partial charge in [0.05, 0.1) is 18.2 Å². The number of amides is 1. The molecule has 1 aliphatic carbocycles. The van der Waals surface area contributed by atoms with Crippen LogP contribution in [0.5, 0.6) is 0 Å². The van der Waals surface area contributed by atoms with Crippen LogP contribution in [0.1, 0.15) is 37.8 Å². The van der Waals surface area contributed by atoms with Gasteiger partial charge in [-0.05, 0) is 50.7 Å². The molecule has 120 valence electrons. The number of benzene rings is 1. The van der Waals surface area contributed by atoms with E-state index in [1.807, 2.05) is 17.0 Å². The molecule has 1 atom stereocenters. The standard InChI is InChI=1S/C18H26N2O2/c1-13(2)20-9-5-8-16(17(20)22)19-18(12-21)10-14-6-3-4-7-15(14)11-18/h3-4,6-7,13,16,19,21H,5,8-12H2,1-2H3. The first-order valence-electron chi connectivity index (χ1n) is 8.30. The van der Waals surface area contributed by atoms with Gasteiger partial charge in [-0.25, -0.2) is 0 Å². The number of nitrogens with one attached hydrogen (secondary N) is 1. The highest BCUT2D eigenvalue weighted by Gasteiger charge is 2.41. The summed E-state index contributed by atoms with van der Waals surface area (Å²) in [5, 5.41) is 13.5. The van der Waals surface area contributed by atoms with E-state index in [9.17, 15) is 9.90 Å². The molecule has 0 bridgehead atoms. The zero-order chi connectivity index (χ0) is 15.7. The van der Waals surface area contributed by atoms with Gasteiger partial charge in [0.25, 0.3) is 0 Å². The molecule has 1 fully saturated rings. The van der Waals surface area contributed by atoms with Gasteiger partial charge >= 0.3 is 0 Å². The molecule has 1 aromatic rings. The molecule has 1 heterocycles. The number of likely N-dealkylation sites (tertiary alicyclic amines) is 1. The van der Waals surface area contributed by atoms with Crippen LogP contribution in [-0.4, -0.2) is 46.7 Å². The van der Waals surface area contributed by atoms with Crippen molar-refractivity contribution in [2.24, 2.45) is 0 Å². The molecular formula is C18H26N2O2. The molecule has 1 unspecified atom stereocenters. The molecule has 0 saturated carbocycles. The molecule has 2 N–H and O–H groups in total. The average Bonchev–Trinajstić information content (AvgIpc) is 2.88. The molecule has 3 rings (SSSR count). The number of aliphatic hydroxyl groups excluding tert-OH is 1. The summed E-state index contributed by atoms with van der Waals surface area (Å²) in [4.78, 5) is 14.6. The largest absolute Gasteiger partial charge is 0.394 e. The van der Waals surface area contributed by atoms with Gasteiger partial charge in [-0.2, -0.15) is 0 Å². The van der Waals surface area contributed by atoms with Gasteiger partial charge < -0.3 is 10.0 Å². The molecule has 0 radical (unpaired) electrons. The molecule has 4 heteroatoms. The number of aliphatic hydroxyl groups is 1. The molecule has 1 amide bonds. The van der Waals surface area contributed by atoms with Crippen molar-refractivity contribution >= 4 is 5.91 Å². The SMILES string of the molecule is CC(C)N1CCCC(NC2(CO)Cc3ccccc3C2)C1=O. The summed E-state index contributed by atoms with van der Waals surface area (Å²) in [7, 11) is 0. The van der Waals surface area contributed by atoms with Crippen molar-refractivity contribution in [2.75, 3.05) is 13.2 Å². The Kier molecular flexibility index (Phi) is 4.24. The van der Waals surface area contributed by atoms with Crippen molar-refractivity contribution in [2.45, 2.75) is 57.2 Å². The fourth-order valence-corrected chi connectivity index (χ4v) is 3.87. The molecule has 1 aliphatic heterocycles. The molecule has 1 saturated heterocycles. The van der Waals surface area contributed by atoms with E-state index in [-0.39, 0.29) is 30.1 Å². The van der Waals surface area contributed by atoms with E-state index >= 15 is 0 Å². The number of rotatable bonds is 4. The Hall–Kier alpha value is -1.39. The van der Waals surface area contributed by atoms with Crippen molar-refractivity contribution in [3.63, 3.8) is 0 Å². The van der Waals surface area contributed by atoms with Crippen LogP contribution in [0.4, 0.5) is 0 Å². The summed E-state index contributed by atoms with van der Waals surface area (Å²) in [5.41, 5.74) is 2.19. The van der Waals surface area contributed by atoms with Gasteiger partial charge in [0.1, 0.15) is 0 Å². The maximum absolute atomic E-state index is 12.7. The number of hydrogen-bond acceptors (Lipinski definition) is 3. The fraction of sp³-hybridized carbons (Fsp3) is 0.611. The highest BCUT2D eigenvalue weighted by Crippen LogP contribution is 2.31. The predicted molar refractivity (Wildman–Crippen MR) is 86.7 cm³/mol. The molecule has 22 heavy (non-hydrogen) atoms. The fourth-order valence-electron chi connectivity index (χ4n) is 3.87. The molecule has 1 aromatic carbocycles. The van der Waals surface area contributed by atoms with Gasteiger partial charge in [0, 0.05) is 12.6 Å². The van der Waals surface area contributed by atoms with Crippen LogP contribution in [-0.2, 0) is 17.6 Å². The quantitative estimate of drug-likeness (QED) is 0.886. The molecule has 2 aliphatic rings.